The molecule has 0 atom stereocenters. The van der Waals surface area contributed by atoms with Crippen molar-refractivity contribution in [1.82, 2.24) is 4.98 Å². The van der Waals surface area contributed by atoms with E-state index in [4.69, 9.17) is 23.2 Å². The minimum atomic E-state index is -0.317. The van der Waals surface area contributed by atoms with Gasteiger partial charge in [-0.1, -0.05) is 47.5 Å². The highest BCUT2D eigenvalue weighted by Gasteiger charge is 2.27. The molecule has 3 aromatic rings. The number of fused-ring (bicyclic) bond motifs is 2. The van der Waals surface area contributed by atoms with Crippen LogP contribution in [-0.2, 0) is 17.6 Å². The van der Waals surface area contributed by atoms with Crippen LogP contribution in [0.25, 0.3) is 10.9 Å². The number of hydrogen-bond donors (Lipinski definition) is 2. The van der Waals surface area contributed by atoms with E-state index < -0.39 is 0 Å². The molecule has 4 rings (SSSR count). The third-order valence-electron chi connectivity index (χ3n) is 4.46. The summed E-state index contributed by atoms with van der Waals surface area (Å²) < 4.78 is 0. The third kappa shape index (κ3) is 2.79. The number of benzene rings is 2. The van der Waals surface area contributed by atoms with Gasteiger partial charge in [-0.3, -0.25) is 4.79 Å². The van der Waals surface area contributed by atoms with E-state index in [1.54, 1.807) is 12.1 Å². The number of carbonyl (C=O) groups is 1. The molecular formula is C18H13Cl2N3O2. The van der Waals surface area contributed by atoms with E-state index in [0.29, 0.717) is 33.8 Å². The summed E-state index contributed by atoms with van der Waals surface area (Å²) in [6, 6.07) is 11.2. The number of hydrogen-bond acceptors (Lipinski definition) is 3. The van der Waals surface area contributed by atoms with Crippen LogP contribution in [0.3, 0.4) is 0 Å². The number of H-pyrrole nitrogens is 1. The maximum Gasteiger partial charge on any atom is 0.268 e. The lowest BCUT2D eigenvalue weighted by Gasteiger charge is -2.01. The fraction of sp³-hybridized carbons (Fsp3) is 0.167. The Morgan fingerprint density at radius 3 is 2.40 bits per heavy atom. The highest BCUT2D eigenvalue weighted by atomic mass is 35.5. The predicted molar refractivity (Wildman–Crippen MR) is 96.8 cm³/mol. The normalized spacial score (nSPS) is 14.5. The van der Waals surface area contributed by atoms with Gasteiger partial charge in [0.05, 0.1) is 20.9 Å². The largest absolute Gasteiger partial charge is 0.493 e. The average Bonchev–Trinajstić information content (AvgIpc) is 3.18. The van der Waals surface area contributed by atoms with Crippen molar-refractivity contribution in [2.24, 2.45) is 16.1 Å². The van der Waals surface area contributed by atoms with Gasteiger partial charge in [-0.15, -0.1) is 10.2 Å². The summed E-state index contributed by atoms with van der Waals surface area (Å²) in [6.07, 6.45) is 1.31. The lowest BCUT2D eigenvalue weighted by molar-refractivity contribution is -0.121. The Balaban J connectivity index is 1.63. The van der Waals surface area contributed by atoms with Crippen molar-refractivity contribution in [2.45, 2.75) is 12.8 Å². The van der Waals surface area contributed by atoms with E-state index in [2.05, 4.69) is 15.2 Å². The summed E-state index contributed by atoms with van der Waals surface area (Å²) in [5.74, 6) is -0.771. The molecule has 0 bridgehead atoms. The molecule has 2 aromatic carbocycles. The van der Waals surface area contributed by atoms with Crippen molar-refractivity contribution >= 4 is 45.7 Å². The van der Waals surface area contributed by atoms with Gasteiger partial charge in [-0.2, -0.15) is 0 Å². The summed E-state index contributed by atoms with van der Waals surface area (Å²) in [7, 11) is 0. The fourth-order valence-electron chi connectivity index (χ4n) is 3.21. The Hall–Kier alpha value is -2.37. The summed E-state index contributed by atoms with van der Waals surface area (Å²) in [5, 5.41) is 19.0. The van der Waals surface area contributed by atoms with Gasteiger partial charge in [-0.05, 0) is 36.1 Å². The summed E-state index contributed by atoms with van der Waals surface area (Å²) in [4.78, 5) is 15.1. The predicted octanol–water partition coefficient (Wildman–Crippen LogP) is 5.21. The maximum absolute atomic E-state index is 12.4. The SMILES string of the molecule is O=C(N=Nc1c(O)[nH]c2c(Cl)ccc(Cl)c12)C1Cc2ccccc2C1. The first-order valence-corrected chi connectivity index (χ1v) is 8.51. The second kappa shape index (κ2) is 6.17. The van der Waals surface area contributed by atoms with Crippen LogP contribution in [0.15, 0.2) is 46.6 Å². The summed E-state index contributed by atoms with van der Waals surface area (Å²) in [5.41, 5.74) is 2.91. The van der Waals surface area contributed by atoms with Crippen LogP contribution in [0.5, 0.6) is 5.88 Å². The second-order valence-electron chi connectivity index (χ2n) is 6.01. The monoisotopic (exact) mass is 373 g/mol. The van der Waals surface area contributed by atoms with Crippen LogP contribution in [-0.4, -0.2) is 16.0 Å². The van der Waals surface area contributed by atoms with Gasteiger partial charge in [-0.25, -0.2) is 0 Å². The summed E-state index contributed by atoms with van der Waals surface area (Å²) >= 11 is 12.3. The molecule has 1 aliphatic carbocycles. The summed E-state index contributed by atoms with van der Waals surface area (Å²) in [6.45, 7) is 0. The van der Waals surface area contributed by atoms with E-state index in [-0.39, 0.29) is 23.4 Å². The van der Waals surface area contributed by atoms with Gasteiger partial charge in [0.2, 0.25) is 5.88 Å². The molecule has 1 aromatic heterocycles. The van der Waals surface area contributed by atoms with Gasteiger partial charge in [0.25, 0.3) is 5.91 Å². The first-order chi connectivity index (χ1) is 12.0. The van der Waals surface area contributed by atoms with Crippen LogP contribution in [0.4, 0.5) is 5.69 Å². The van der Waals surface area contributed by atoms with E-state index >= 15 is 0 Å². The molecular weight excluding hydrogens is 361 g/mol. The molecule has 0 saturated heterocycles. The zero-order chi connectivity index (χ0) is 17.6. The molecule has 2 N–H and O–H groups in total. The fourth-order valence-corrected chi connectivity index (χ4v) is 3.67. The van der Waals surface area contributed by atoms with Gasteiger partial charge in [0, 0.05) is 5.92 Å². The number of nitrogens with zero attached hydrogens (tertiary/aromatic N) is 2. The van der Waals surface area contributed by atoms with Gasteiger partial charge in [0.1, 0.15) is 0 Å². The standard InChI is InChI=1S/C18H13Cl2N3O2/c19-12-5-6-13(20)15-14(12)16(18(25)21-15)22-23-17(24)11-7-9-3-1-2-4-10(9)8-11/h1-6,11,21,25H,7-8H2. The number of aromatic nitrogens is 1. The topological polar surface area (TPSA) is 77.8 Å². The molecule has 0 unspecified atom stereocenters. The van der Waals surface area contributed by atoms with E-state index in [9.17, 15) is 9.90 Å². The molecule has 0 aliphatic heterocycles. The molecule has 126 valence electrons. The van der Waals surface area contributed by atoms with Crippen molar-refractivity contribution < 1.29 is 9.90 Å². The second-order valence-corrected chi connectivity index (χ2v) is 6.83. The number of aromatic hydroxyl groups is 1. The Morgan fingerprint density at radius 1 is 1.08 bits per heavy atom. The number of azo groups is 1. The lowest BCUT2D eigenvalue weighted by atomic mass is 10.1. The Bertz CT molecular complexity index is 1000. The highest BCUT2D eigenvalue weighted by Crippen LogP contribution is 2.42. The van der Waals surface area contributed by atoms with E-state index in [1.165, 1.54) is 11.1 Å². The first-order valence-electron chi connectivity index (χ1n) is 7.75. The number of nitrogens with one attached hydrogen (secondary N) is 1. The van der Waals surface area contributed by atoms with E-state index in [0.717, 1.165) is 0 Å². The number of amides is 1. The van der Waals surface area contributed by atoms with E-state index in [1.807, 2.05) is 24.3 Å². The number of rotatable bonds is 2. The molecule has 7 heteroatoms. The average molecular weight is 374 g/mol. The number of halogens is 2. The smallest absolute Gasteiger partial charge is 0.268 e. The Morgan fingerprint density at radius 2 is 1.72 bits per heavy atom. The van der Waals surface area contributed by atoms with Crippen LogP contribution in [0.2, 0.25) is 10.0 Å². The molecule has 1 aliphatic rings. The quantitative estimate of drug-likeness (QED) is 0.605. The number of aromatic amines is 1. The molecule has 25 heavy (non-hydrogen) atoms. The van der Waals surface area contributed by atoms with Crippen molar-refractivity contribution in [2.75, 3.05) is 0 Å². The van der Waals surface area contributed by atoms with Gasteiger partial charge >= 0.3 is 0 Å². The maximum atomic E-state index is 12.4. The minimum Gasteiger partial charge on any atom is -0.493 e. The Kier molecular flexibility index (Phi) is 3.98. The molecule has 0 saturated carbocycles. The Labute approximate surface area is 153 Å². The third-order valence-corrected chi connectivity index (χ3v) is 5.09. The van der Waals surface area contributed by atoms with Crippen LogP contribution in [0.1, 0.15) is 11.1 Å². The van der Waals surface area contributed by atoms with Gasteiger partial charge < -0.3 is 10.1 Å². The molecule has 1 amide bonds. The number of carbonyl (C=O) groups excluding carboxylic acids is 1. The molecule has 0 fully saturated rings. The van der Waals surface area contributed by atoms with Crippen molar-refractivity contribution in [3.8, 4) is 5.88 Å². The highest BCUT2D eigenvalue weighted by molar-refractivity contribution is 6.41. The zero-order valence-electron chi connectivity index (χ0n) is 13.0. The van der Waals surface area contributed by atoms with Gasteiger partial charge in [0.15, 0.2) is 5.69 Å². The lowest BCUT2D eigenvalue weighted by Crippen LogP contribution is -2.11. The van der Waals surface area contributed by atoms with Crippen molar-refractivity contribution in [1.29, 1.82) is 0 Å². The van der Waals surface area contributed by atoms with Crippen molar-refractivity contribution in [3.05, 3.63) is 57.6 Å². The first kappa shape index (κ1) is 16.1. The minimum absolute atomic E-state index is 0.117. The van der Waals surface area contributed by atoms with Crippen LogP contribution >= 0.6 is 23.2 Å². The van der Waals surface area contributed by atoms with Crippen molar-refractivity contribution in [3.63, 3.8) is 0 Å². The molecule has 0 radical (unpaired) electrons. The van der Waals surface area contributed by atoms with Crippen LogP contribution in [0, 0.1) is 5.92 Å². The molecule has 5 nitrogen and oxygen atoms in total. The van der Waals surface area contributed by atoms with Crippen LogP contribution < -0.4 is 0 Å². The molecule has 0 spiro atoms. The molecule has 1 heterocycles. The zero-order valence-corrected chi connectivity index (χ0v) is 14.5.